The van der Waals surface area contributed by atoms with Crippen molar-refractivity contribution in [1.29, 1.82) is 0 Å². The van der Waals surface area contributed by atoms with Crippen molar-refractivity contribution in [2.75, 3.05) is 0 Å². The highest BCUT2D eigenvalue weighted by Gasteiger charge is 2.54. The third-order valence-electron chi connectivity index (χ3n) is 6.26. The third kappa shape index (κ3) is 3.49. The summed E-state index contributed by atoms with van der Waals surface area (Å²) < 4.78 is 0. The molecule has 138 valence electrons. The molecule has 0 bridgehead atoms. The van der Waals surface area contributed by atoms with Crippen LogP contribution in [0.25, 0.3) is 0 Å². The van der Waals surface area contributed by atoms with Gasteiger partial charge in [0.1, 0.15) is 12.1 Å². The Morgan fingerprint density at radius 3 is 2.04 bits per heavy atom. The predicted octanol–water partition coefficient (Wildman–Crippen LogP) is 4.41. The summed E-state index contributed by atoms with van der Waals surface area (Å²) in [5, 5.41) is 14.4. The molecular weight excluding hydrogens is 318 g/mol. The van der Waals surface area contributed by atoms with Crippen LogP contribution in [0.2, 0.25) is 0 Å². The van der Waals surface area contributed by atoms with Crippen LogP contribution in [0.5, 0.6) is 0 Å². The van der Waals surface area contributed by atoms with Gasteiger partial charge >= 0.3 is 0 Å². The first-order valence-electron chi connectivity index (χ1n) is 9.90. The van der Waals surface area contributed by atoms with Gasteiger partial charge in [-0.2, -0.15) is 0 Å². The Hall–Kier alpha value is -1.90. The zero-order valence-corrected chi connectivity index (χ0v) is 16.0. The average molecular weight is 351 g/mol. The van der Waals surface area contributed by atoms with Crippen LogP contribution in [0.15, 0.2) is 73.3 Å². The van der Waals surface area contributed by atoms with E-state index in [1.165, 1.54) is 11.1 Å². The zero-order valence-electron chi connectivity index (χ0n) is 16.0. The van der Waals surface area contributed by atoms with Crippen molar-refractivity contribution in [3.63, 3.8) is 0 Å². The Bertz CT molecular complexity index is 699. The fraction of sp³-hybridized carbons (Fsp3) is 0.417. The minimum absolute atomic E-state index is 0.152. The van der Waals surface area contributed by atoms with E-state index in [9.17, 15) is 5.11 Å². The van der Waals surface area contributed by atoms with E-state index in [1.807, 2.05) is 6.08 Å². The highest BCUT2D eigenvalue weighted by atomic mass is 16.3. The van der Waals surface area contributed by atoms with E-state index in [4.69, 9.17) is 0 Å². The smallest absolute Gasteiger partial charge is 0.118 e. The first kappa shape index (κ1) is 18.9. The molecule has 0 aromatic heterocycles. The molecule has 2 aromatic rings. The molecule has 1 heterocycles. The van der Waals surface area contributed by atoms with E-state index in [0.29, 0.717) is 6.42 Å². The number of hydrogen-bond acceptors (Lipinski definition) is 1. The number of nitrogens with two attached hydrogens (primary N) is 1. The lowest BCUT2D eigenvalue weighted by molar-refractivity contribution is -0.764. The van der Waals surface area contributed by atoms with Gasteiger partial charge in [-0.3, -0.25) is 0 Å². The molecule has 1 saturated heterocycles. The van der Waals surface area contributed by atoms with Crippen LogP contribution in [0, 0.1) is 11.8 Å². The van der Waals surface area contributed by atoms with Crippen LogP contribution in [-0.2, 0) is 0 Å². The van der Waals surface area contributed by atoms with E-state index in [2.05, 4.69) is 86.4 Å². The van der Waals surface area contributed by atoms with Gasteiger partial charge in [-0.05, 0) is 12.8 Å². The van der Waals surface area contributed by atoms with Gasteiger partial charge in [-0.15, -0.1) is 6.58 Å². The summed E-state index contributed by atoms with van der Waals surface area (Å²) in [7, 11) is 0. The van der Waals surface area contributed by atoms with Gasteiger partial charge in [-0.1, -0.05) is 87.0 Å². The summed E-state index contributed by atoms with van der Waals surface area (Å²) >= 11 is 0. The average Bonchev–Trinajstić information content (AvgIpc) is 2.68. The Balaban J connectivity index is 2.07. The highest BCUT2D eigenvalue weighted by Crippen LogP contribution is 2.46. The molecular formula is C24H32NO+. The summed E-state index contributed by atoms with van der Waals surface area (Å²) in [5.74, 6) is 0.363. The molecule has 0 radical (unpaired) electrons. The van der Waals surface area contributed by atoms with E-state index in [1.54, 1.807) is 0 Å². The summed E-state index contributed by atoms with van der Waals surface area (Å²) in [6, 6.07) is 21.8. The molecule has 0 spiro atoms. The second-order valence-electron chi connectivity index (χ2n) is 7.73. The standard InChI is InChI=1S/C24H31NO/c1-4-12-21-23(20-15-10-7-11-16-20)25-22(19-13-8-6-9-14-19)18(3)24(21,26)17-5-2/h5-11,13-16,18,21-23,25-26H,2,4,12,17H2,1,3H3/p+1/t18-,21+,22-,23-,24+/m0/s1. The van der Waals surface area contributed by atoms with Crippen molar-refractivity contribution in [2.24, 2.45) is 11.8 Å². The first-order valence-corrected chi connectivity index (χ1v) is 9.90. The van der Waals surface area contributed by atoms with Crippen molar-refractivity contribution in [2.45, 2.75) is 50.8 Å². The molecule has 1 aliphatic rings. The number of piperidine rings is 1. The maximum absolute atomic E-state index is 11.9. The van der Waals surface area contributed by atoms with Gasteiger partial charge in [0.05, 0.1) is 5.60 Å². The topological polar surface area (TPSA) is 36.8 Å². The van der Waals surface area contributed by atoms with Crippen molar-refractivity contribution in [3.05, 3.63) is 84.4 Å². The molecule has 0 saturated carbocycles. The van der Waals surface area contributed by atoms with E-state index in [0.717, 1.165) is 12.8 Å². The van der Waals surface area contributed by atoms with Crippen LogP contribution in [0.4, 0.5) is 0 Å². The Morgan fingerprint density at radius 2 is 1.54 bits per heavy atom. The summed E-state index contributed by atoms with van der Waals surface area (Å²) in [4.78, 5) is 0. The number of rotatable bonds is 6. The Labute approximate surface area is 158 Å². The molecule has 1 fully saturated rings. The largest absolute Gasteiger partial charge is 0.388 e. The number of benzene rings is 2. The maximum Gasteiger partial charge on any atom is 0.118 e. The molecule has 2 heteroatoms. The van der Waals surface area contributed by atoms with E-state index < -0.39 is 5.60 Å². The lowest BCUT2D eigenvalue weighted by Gasteiger charge is -2.50. The number of hydrogen-bond donors (Lipinski definition) is 2. The fourth-order valence-electron chi connectivity index (χ4n) is 4.89. The fourth-order valence-corrected chi connectivity index (χ4v) is 4.89. The molecule has 5 atom stereocenters. The molecule has 1 aliphatic heterocycles. The van der Waals surface area contributed by atoms with Crippen molar-refractivity contribution in [1.82, 2.24) is 0 Å². The quantitative estimate of drug-likeness (QED) is 0.744. The lowest BCUT2D eigenvalue weighted by Crippen LogP contribution is -2.93. The Morgan fingerprint density at radius 1 is 1.00 bits per heavy atom. The zero-order chi connectivity index (χ0) is 18.6. The summed E-state index contributed by atoms with van der Waals surface area (Å²) in [6.07, 6.45) is 4.63. The molecule has 0 unspecified atom stereocenters. The van der Waals surface area contributed by atoms with Crippen molar-refractivity contribution < 1.29 is 10.4 Å². The summed E-state index contributed by atoms with van der Waals surface area (Å²) in [5.41, 5.74) is 1.85. The van der Waals surface area contributed by atoms with Crippen LogP contribution >= 0.6 is 0 Å². The van der Waals surface area contributed by atoms with Gasteiger partial charge in [0, 0.05) is 23.0 Å². The minimum atomic E-state index is -0.743. The van der Waals surface area contributed by atoms with Gasteiger partial charge in [0.25, 0.3) is 0 Å². The molecule has 0 aliphatic carbocycles. The maximum atomic E-state index is 11.9. The third-order valence-corrected chi connectivity index (χ3v) is 6.26. The van der Waals surface area contributed by atoms with Crippen LogP contribution in [0.1, 0.15) is 56.3 Å². The van der Waals surface area contributed by atoms with Gasteiger partial charge < -0.3 is 10.4 Å². The molecule has 3 rings (SSSR count). The second kappa shape index (κ2) is 8.20. The van der Waals surface area contributed by atoms with E-state index in [-0.39, 0.29) is 23.9 Å². The van der Waals surface area contributed by atoms with E-state index >= 15 is 0 Å². The Kier molecular flexibility index (Phi) is 5.95. The van der Waals surface area contributed by atoms with Crippen molar-refractivity contribution in [3.8, 4) is 0 Å². The molecule has 3 N–H and O–H groups in total. The van der Waals surface area contributed by atoms with Gasteiger partial charge in [0.2, 0.25) is 0 Å². The normalized spacial score (nSPS) is 31.5. The molecule has 2 nitrogen and oxygen atoms in total. The number of quaternary nitrogens is 1. The van der Waals surface area contributed by atoms with Crippen molar-refractivity contribution >= 4 is 0 Å². The molecule has 26 heavy (non-hydrogen) atoms. The molecule has 2 aromatic carbocycles. The monoisotopic (exact) mass is 350 g/mol. The second-order valence-corrected chi connectivity index (χ2v) is 7.73. The number of aliphatic hydroxyl groups is 1. The van der Waals surface area contributed by atoms with Crippen LogP contribution < -0.4 is 5.32 Å². The predicted molar refractivity (Wildman–Crippen MR) is 108 cm³/mol. The summed E-state index contributed by atoms with van der Waals surface area (Å²) in [6.45, 7) is 8.38. The SMILES string of the molecule is C=CC[C@]1(O)[C@H](CCC)[C@H](c2ccccc2)[NH2+][C@H](c2ccccc2)[C@@H]1C. The van der Waals surface area contributed by atoms with Gasteiger partial charge in [0.15, 0.2) is 0 Å². The lowest BCUT2D eigenvalue weighted by atomic mass is 9.63. The highest BCUT2D eigenvalue weighted by molar-refractivity contribution is 5.24. The van der Waals surface area contributed by atoms with Gasteiger partial charge in [-0.25, -0.2) is 0 Å². The van der Waals surface area contributed by atoms with Crippen LogP contribution in [-0.4, -0.2) is 10.7 Å². The molecule has 0 amide bonds. The first-order chi connectivity index (χ1) is 12.6. The minimum Gasteiger partial charge on any atom is -0.388 e. The van der Waals surface area contributed by atoms with Crippen LogP contribution in [0.3, 0.4) is 0 Å².